The molecule has 5 heteroatoms. The van der Waals surface area contributed by atoms with E-state index in [1.165, 1.54) is 0 Å². The molecule has 0 aliphatic carbocycles. The SMILES string of the molecule is CCOC(=O)C#Cc1ccccc1N=[N+]=[N-]. The van der Waals surface area contributed by atoms with E-state index in [0.717, 1.165) is 0 Å². The maximum atomic E-state index is 11.0. The molecule has 0 atom stereocenters. The first-order chi connectivity index (χ1) is 7.77. The zero-order valence-corrected chi connectivity index (χ0v) is 8.67. The normalized spacial score (nSPS) is 8.31. The first-order valence-corrected chi connectivity index (χ1v) is 4.60. The van der Waals surface area contributed by atoms with Gasteiger partial charge in [-0.15, -0.1) is 0 Å². The molecule has 0 radical (unpaired) electrons. The molecule has 16 heavy (non-hydrogen) atoms. The number of hydrogen-bond acceptors (Lipinski definition) is 3. The topological polar surface area (TPSA) is 75.1 Å². The Labute approximate surface area is 92.7 Å². The second-order valence-electron chi connectivity index (χ2n) is 2.68. The van der Waals surface area contributed by atoms with Crippen LogP contribution in [0.5, 0.6) is 0 Å². The number of rotatable bonds is 2. The summed E-state index contributed by atoms with van der Waals surface area (Å²) < 4.78 is 4.65. The largest absolute Gasteiger partial charge is 0.456 e. The molecule has 0 bridgehead atoms. The van der Waals surface area contributed by atoms with E-state index < -0.39 is 5.97 Å². The molecule has 1 aromatic carbocycles. The number of ether oxygens (including phenoxy) is 1. The Morgan fingerprint density at radius 2 is 2.31 bits per heavy atom. The molecule has 80 valence electrons. The van der Waals surface area contributed by atoms with Crippen molar-refractivity contribution < 1.29 is 9.53 Å². The first kappa shape index (κ1) is 11.6. The molecule has 0 N–H and O–H groups in total. The Balaban J connectivity index is 2.96. The van der Waals surface area contributed by atoms with Crippen molar-refractivity contribution in [3.05, 3.63) is 40.3 Å². The van der Waals surface area contributed by atoms with Crippen LogP contribution in [0.25, 0.3) is 10.4 Å². The van der Waals surface area contributed by atoms with Gasteiger partial charge in [0.1, 0.15) is 0 Å². The lowest BCUT2D eigenvalue weighted by atomic mass is 10.2. The van der Waals surface area contributed by atoms with Crippen molar-refractivity contribution in [2.24, 2.45) is 5.11 Å². The van der Waals surface area contributed by atoms with Gasteiger partial charge in [0.2, 0.25) is 0 Å². The van der Waals surface area contributed by atoms with Crippen LogP contribution in [0, 0.1) is 11.8 Å². The zero-order valence-electron chi connectivity index (χ0n) is 8.67. The fourth-order valence-electron chi connectivity index (χ4n) is 1.00. The molecule has 1 aromatic rings. The third-order valence-corrected chi connectivity index (χ3v) is 1.63. The van der Waals surface area contributed by atoms with Gasteiger partial charge in [-0.25, -0.2) is 4.79 Å². The summed E-state index contributed by atoms with van der Waals surface area (Å²) in [6.07, 6.45) is 0. The Bertz CT molecular complexity index is 493. The lowest BCUT2D eigenvalue weighted by Gasteiger charge is -1.95. The Morgan fingerprint density at radius 3 is 3.00 bits per heavy atom. The molecule has 0 aliphatic rings. The lowest BCUT2D eigenvalue weighted by Crippen LogP contribution is -1.99. The van der Waals surface area contributed by atoms with Crippen molar-refractivity contribution in [1.29, 1.82) is 0 Å². The number of nitrogens with zero attached hydrogens (tertiary/aromatic N) is 3. The predicted octanol–water partition coefficient (Wildman–Crippen LogP) is 2.54. The third kappa shape index (κ3) is 3.37. The summed E-state index contributed by atoms with van der Waals surface area (Å²) in [7, 11) is 0. The van der Waals surface area contributed by atoms with E-state index in [0.29, 0.717) is 11.3 Å². The molecular weight excluding hydrogens is 206 g/mol. The quantitative estimate of drug-likeness (QED) is 0.250. The van der Waals surface area contributed by atoms with Crippen LogP contribution in [-0.4, -0.2) is 12.6 Å². The lowest BCUT2D eigenvalue weighted by molar-refractivity contribution is -0.136. The molecule has 0 amide bonds. The molecule has 0 spiro atoms. The van der Waals surface area contributed by atoms with Crippen LogP contribution in [0.2, 0.25) is 0 Å². The second kappa shape index (κ2) is 6.12. The van der Waals surface area contributed by atoms with Gasteiger partial charge in [-0.05, 0) is 18.5 Å². The molecule has 1 rings (SSSR count). The number of hydrogen-bond donors (Lipinski definition) is 0. The number of benzene rings is 1. The minimum Gasteiger partial charge on any atom is -0.456 e. The summed E-state index contributed by atoms with van der Waals surface area (Å²) in [5.74, 6) is 4.30. The summed E-state index contributed by atoms with van der Waals surface area (Å²) in [6.45, 7) is 1.99. The van der Waals surface area contributed by atoms with Crippen LogP contribution in [0.15, 0.2) is 29.4 Å². The summed E-state index contributed by atoms with van der Waals surface area (Å²) in [6, 6.07) is 6.75. The van der Waals surface area contributed by atoms with Gasteiger partial charge in [0.15, 0.2) is 0 Å². The third-order valence-electron chi connectivity index (χ3n) is 1.63. The average molecular weight is 215 g/mol. The van der Waals surface area contributed by atoms with E-state index in [1.54, 1.807) is 31.2 Å². The summed E-state index contributed by atoms with van der Waals surface area (Å²) >= 11 is 0. The molecule has 0 saturated carbocycles. The monoisotopic (exact) mass is 215 g/mol. The van der Waals surface area contributed by atoms with Crippen LogP contribution in [-0.2, 0) is 9.53 Å². The molecule has 5 nitrogen and oxygen atoms in total. The molecule has 0 saturated heterocycles. The van der Waals surface area contributed by atoms with Gasteiger partial charge in [0, 0.05) is 16.4 Å². The average Bonchev–Trinajstić information content (AvgIpc) is 2.29. The van der Waals surface area contributed by atoms with E-state index in [2.05, 4.69) is 26.6 Å². The molecule has 0 heterocycles. The van der Waals surface area contributed by atoms with Gasteiger partial charge in [0.25, 0.3) is 0 Å². The number of azide groups is 1. The highest BCUT2D eigenvalue weighted by atomic mass is 16.5. The highest BCUT2D eigenvalue weighted by molar-refractivity contribution is 5.89. The highest BCUT2D eigenvalue weighted by Crippen LogP contribution is 2.17. The van der Waals surface area contributed by atoms with Gasteiger partial charge in [0.05, 0.1) is 12.3 Å². The Morgan fingerprint density at radius 1 is 1.56 bits per heavy atom. The fraction of sp³-hybridized carbons (Fsp3) is 0.182. The van der Waals surface area contributed by atoms with Crippen molar-refractivity contribution in [3.8, 4) is 11.8 Å². The van der Waals surface area contributed by atoms with Gasteiger partial charge in [-0.1, -0.05) is 29.2 Å². The first-order valence-electron chi connectivity index (χ1n) is 4.60. The van der Waals surface area contributed by atoms with Crippen molar-refractivity contribution in [3.63, 3.8) is 0 Å². The van der Waals surface area contributed by atoms with Crippen molar-refractivity contribution in [2.45, 2.75) is 6.92 Å². The van der Waals surface area contributed by atoms with Crippen LogP contribution in [0.3, 0.4) is 0 Å². The number of carbonyl (C=O) groups is 1. The summed E-state index contributed by atoms with van der Waals surface area (Å²) in [5, 5.41) is 3.46. The Kier molecular flexibility index (Phi) is 4.45. The smallest absolute Gasteiger partial charge is 0.384 e. The van der Waals surface area contributed by atoms with E-state index in [4.69, 9.17) is 5.53 Å². The molecule has 0 fully saturated rings. The highest BCUT2D eigenvalue weighted by Gasteiger charge is 1.97. The van der Waals surface area contributed by atoms with Gasteiger partial charge < -0.3 is 4.74 Å². The fourth-order valence-corrected chi connectivity index (χ4v) is 1.00. The van der Waals surface area contributed by atoms with Crippen molar-refractivity contribution >= 4 is 11.7 Å². The maximum Gasteiger partial charge on any atom is 0.384 e. The van der Waals surface area contributed by atoms with E-state index >= 15 is 0 Å². The number of carbonyl (C=O) groups excluding carboxylic acids is 1. The second-order valence-corrected chi connectivity index (χ2v) is 2.68. The predicted molar refractivity (Wildman–Crippen MR) is 58.8 cm³/mol. The van der Waals surface area contributed by atoms with Gasteiger partial charge in [-0.3, -0.25) is 0 Å². The molecule has 0 unspecified atom stereocenters. The molecule has 0 aromatic heterocycles. The standard InChI is InChI=1S/C11H9N3O2/c1-2-16-11(15)8-7-9-5-3-4-6-10(9)13-14-12/h3-6H,2H2,1H3. The van der Waals surface area contributed by atoms with Crippen LogP contribution < -0.4 is 0 Å². The van der Waals surface area contributed by atoms with Gasteiger partial charge >= 0.3 is 5.97 Å². The minimum absolute atomic E-state index is 0.283. The van der Waals surface area contributed by atoms with Crippen LogP contribution >= 0.6 is 0 Å². The minimum atomic E-state index is -0.599. The van der Waals surface area contributed by atoms with E-state index in [9.17, 15) is 4.79 Å². The van der Waals surface area contributed by atoms with E-state index in [1.807, 2.05) is 0 Å². The van der Waals surface area contributed by atoms with Crippen molar-refractivity contribution in [2.75, 3.05) is 6.61 Å². The zero-order chi connectivity index (χ0) is 11.8. The Hall–Kier alpha value is -2.44. The van der Waals surface area contributed by atoms with Crippen LogP contribution in [0.1, 0.15) is 12.5 Å². The molecular formula is C11H9N3O2. The van der Waals surface area contributed by atoms with Crippen molar-refractivity contribution in [1.82, 2.24) is 0 Å². The maximum absolute atomic E-state index is 11.0. The van der Waals surface area contributed by atoms with Gasteiger partial charge in [-0.2, -0.15) is 0 Å². The van der Waals surface area contributed by atoms with E-state index in [-0.39, 0.29) is 6.61 Å². The van der Waals surface area contributed by atoms with Crippen LogP contribution in [0.4, 0.5) is 5.69 Å². The molecule has 0 aliphatic heterocycles. The number of esters is 1. The summed E-state index contributed by atoms with van der Waals surface area (Å²) in [5.41, 5.74) is 9.21. The summed E-state index contributed by atoms with van der Waals surface area (Å²) in [4.78, 5) is 13.7.